The lowest BCUT2D eigenvalue weighted by molar-refractivity contribution is -0.126. The third-order valence-electron chi connectivity index (χ3n) is 5.89. The van der Waals surface area contributed by atoms with Gasteiger partial charge in [0.05, 0.1) is 6.26 Å². The van der Waals surface area contributed by atoms with Crippen molar-refractivity contribution in [2.24, 2.45) is 11.8 Å². The number of hydrogen-bond donors (Lipinski definition) is 2. The summed E-state index contributed by atoms with van der Waals surface area (Å²) in [4.78, 5) is 26.9. The molecule has 2 saturated heterocycles. The fourth-order valence-electron chi connectivity index (χ4n) is 3.96. The van der Waals surface area contributed by atoms with E-state index in [1.165, 1.54) is 17.1 Å². The third-order valence-corrected chi connectivity index (χ3v) is 7.20. The summed E-state index contributed by atoms with van der Waals surface area (Å²) < 4.78 is 25.1. The van der Waals surface area contributed by atoms with Crippen LogP contribution in [0.1, 0.15) is 44.9 Å². The van der Waals surface area contributed by atoms with Crippen molar-refractivity contribution in [3.8, 4) is 0 Å². The van der Waals surface area contributed by atoms with Crippen molar-refractivity contribution >= 4 is 21.8 Å². The fraction of sp³-hybridized carbons (Fsp3) is 0.895. The Balaban J connectivity index is 1.82. The summed E-state index contributed by atoms with van der Waals surface area (Å²) in [6, 6.07) is 0. The second-order valence-electron chi connectivity index (χ2n) is 8.22. The Morgan fingerprint density at radius 2 is 1.86 bits per heavy atom. The van der Waals surface area contributed by atoms with E-state index < -0.39 is 10.0 Å². The highest BCUT2D eigenvalue weighted by Gasteiger charge is 2.23. The number of amides is 2. The maximum absolute atomic E-state index is 12.6. The largest absolute Gasteiger partial charge is 0.356 e. The van der Waals surface area contributed by atoms with Crippen molar-refractivity contribution in [1.29, 1.82) is 0 Å². The molecule has 1 unspecified atom stereocenters. The molecule has 0 bridgehead atoms. The zero-order valence-electron chi connectivity index (χ0n) is 17.3. The summed E-state index contributed by atoms with van der Waals surface area (Å²) in [6.07, 6.45) is 6.52. The number of sulfonamides is 1. The van der Waals surface area contributed by atoms with Gasteiger partial charge in [-0.15, -0.1) is 0 Å². The van der Waals surface area contributed by atoms with E-state index in [2.05, 4.69) is 22.6 Å². The second kappa shape index (κ2) is 11.1. The molecular formula is C19H36N4O4S. The number of nitrogens with zero attached hydrogens (tertiary/aromatic N) is 2. The lowest BCUT2D eigenvalue weighted by Gasteiger charge is -2.29. The molecule has 28 heavy (non-hydrogen) atoms. The summed E-state index contributed by atoms with van der Waals surface area (Å²) >= 11 is 0. The van der Waals surface area contributed by atoms with Crippen LogP contribution in [0.15, 0.2) is 0 Å². The van der Waals surface area contributed by atoms with E-state index in [-0.39, 0.29) is 30.7 Å². The van der Waals surface area contributed by atoms with Gasteiger partial charge in [-0.3, -0.25) is 9.59 Å². The summed E-state index contributed by atoms with van der Waals surface area (Å²) in [7, 11) is -1.21. The molecule has 0 radical (unpaired) electrons. The normalized spacial score (nSPS) is 24.9. The third kappa shape index (κ3) is 8.05. The SMILES string of the molecule is CN1CCC(CCNC(=O)C2CCCN(S(C)(=O)=O)CCC(=O)NCC2)CC1. The van der Waals surface area contributed by atoms with Crippen LogP contribution in [-0.2, 0) is 19.6 Å². The summed E-state index contributed by atoms with van der Waals surface area (Å²) in [5, 5.41) is 5.87. The highest BCUT2D eigenvalue weighted by Crippen LogP contribution is 2.19. The summed E-state index contributed by atoms with van der Waals surface area (Å²) in [5.74, 6) is 0.327. The zero-order valence-corrected chi connectivity index (χ0v) is 18.1. The molecule has 0 spiro atoms. The number of piperidine rings is 1. The maximum Gasteiger partial charge on any atom is 0.223 e. The first-order valence-electron chi connectivity index (χ1n) is 10.4. The number of carbonyl (C=O) groups excluding carboxylic acids is 2. The van der Waals surface area contributed by atoms with Crippen molar-refractivity contribution in [2.75, 3.05) is 52.6 Å². The molecular weight excluding hydrogens is 380 g/mol. The summed E-state index contributed by atoms with van der Waals surface area (Å²) in [6.45, 7) is 3.93. The van der Waals surface area contributed by atoms with Crippen molar-refractivity contribution in [3.05, 3.63) is 0 Å². The minimum atomic E-state index is -3.35. The Hall–Kier alpha value is -1.19. The Morgan fingerprint density at radius 3 is 2.54 bits per heavy atom. The molecule has 9 heteroatoms. The molecule has 0 aromatic heterocycles. The first-order chi connectivity index (χ1) is 13.3. The van der Waals surface area contributed by atoms with E-state index in [9.17, 15) is 18.0 Å². The van der Waals surface area contributed by atoms with Crippen molar-refractivity contribution < 1.29 is 18.0 Å². The molecule has 2 amide bonds. The van der Waals surface area contributed by atoms with Crippen LogP contribution in [0.2, 0.25) is 0 Å². The minimum Gasteiger partial charge on any atom is -0.356 e. The highest BCUT2D eigenvalue weighted by molar-refractivity contribution is 7.88. The Kier molecular flexibility index (Phi) is 9.17. The van der Waals surface area contributed by atoms with Crippen LogP contribution in [0.4, 0.5) is 0 Å². The van der Waals surface area contributed by atoms with E-state index in [0.29, 0.717) is 44.8 Å². The van der Waals surface area contributed by atoms with Gasteiger partial charge in [0, 0.05) is 38.5 Å². The van der Waals surface area contributed by atoms with Gasteiger partial charge in [-0.1, -0.05) is 0 Å². The van der Waals surface area contributed by atoms with Crippen LogP contribution < -0.4 is 10.6 Å². The van der Waals surface area contributed by atoms with E-state index in [4.69, 9.17) is 0 Å². The molecule has 0 aromatic rings. The van der Waals surface area contributed by atoms with Crippen molar-refractivity contribution in [3.63, 3.8) is 0 Å². The Bertz CT molecular complexity index is 617. The van der Waals surface area contributed by atoms with Gasteiger partial charge in [0.1, 0.15) is 0 Å². The smallest absolute Gasteiger partial charge is 0.223 e. The molecule has 1 atom stereocenters. The van der Waals surface area contributed by atoms with Gasteiger partial charge < -0.3 is 15.5 Å². The van der Waals surface area contributed by atoms with Crippen molar-refractivity contribution in [1.82, 2.24) is 19.8 Å². The molecule has 2 fully saturated rings. The predicted octanol–water partition coefficient (Wildman–Crippen LogP) is 0.403. The van der Waals surface area contributed by atoms with Crippen LogP contribution in [0, 0.1) is 11.8 Å². The first-order valence-corrected chi connectivity index (χ1v) is 12.3. The lowest BCUT2D eigenvalue weighted by Crippen LogP contribution is -2.36. The zero-order chi connectivity index (χ0) is 20.6. The topological polar surface area (TPSA) is 98.8 Å². The molecule has 0 saturated carbocycles. The van der Waals surface area contributed by atoms with E-state index >= 15 is 0 Å². The monoisotopic (exact) mass is 416 g/mol. The van der Waals surface area contributed by atoms with E-state index in [1.54, 1.807) is 0 Å². The number of rotatable bonds is 5. The van der Waals surface area contributed by atoms with Crippen LogP contribution in [0.5, 0.6) is 0 Å². The van der Waals surface area contributed by atoms with Gasteiger partial charge in [-0.05, 0) is 64.6 Å². The number of carbonyl (C=O) groups is 2. The summed E-state index contributed by atoms with van der Waals surface area (Å²) in [5.41, 5.74) is 0. The average molecular weight is 417 g/mol. The highest BCUT2D eigenvalue weighted by atomic mass is 32.2. The van der Waals surface area contributed by atoms with Crippen LogP contribution in [-0.4, -0.2) is 82.0 Å². The van der Waals surface area contributed by atoms with Gasteiger partial charge in [0.2, 0.25) is 21.8 Å². The number of nitrogens with one attached hydrogen (secondary N) is 2. The van der Waals surface area contributed by atoms with Gasteiger partial charge in [-0.25, -0.2) is 12.7 Å². The van der Waals surface area contributed by atoms with Gasteiger partial charge in [-0.2, -0.15) is 0 Å². The van der Waals surface area contributed by atoms with Crippen LogP contribution in [0.3, 0.4) is 0 Å². The maximum atomic E-state index is 12.6. The standard InChI is InChI=1S/C19H36N4O4S/c1-22-13-7-16(8-14-22)5-10-21-19(25)17-4-3-12-23(28(2,26)27)15-9-18(24)20-11-6-17/h16-17H,3-15H2,1-2H3,(H,20,24)(H,21,25). The van der Waals surface area contributed by atoms with Gasteiger partial charge in [0.15, 0.2) is 0 Å². The van der Waals surface area contributed by atoms with E-state index in [1.807, 2.05) is 0 Å². The van der Waals surface area contributed by atoms with Crippen LogP contribution >= 0.6 is 0 Å². The quantitative estimate of drug-likeness (QED) is 0.676. The Labute approximate surface area is 169 Å². The molecule has 2 rings (SSSR count). The Morgan fingerprint density at radius 1 is 1.14 bits per heavy atom. The average Bonchev–Trinajstić information content (AvgIpc) is 2.67. The molecule has 2 N–H and O–H groups in total. The molecule has 0 aliphatic carbocycles. The fourth-order valence-corrected chi connectivity index (χ4v) is 4.84. The molecule has 8 nitrogen and oxygen atoms in total. The van der Waals surface area contributed by atoms with E-state index in [0.717, 1.165) is 25.8 Å². The van der Waals surface area contributed by atoms with Gasteiger partial charge in [0.25, 0.3) is 0 Å². The van der Waals surface area contributed by atoms with Crippen LogP contribution in [0.25, 0.3) is 0 Å². The van der Waals surface area contributed by atoms with Crippen molar-refractivity contribution in [2.45, 2.75) is 44.9 Å². The second-order valence-corrected chi connectivity index (χ2v) is 10.2. The lowest BCUT2D eigenvalue weighted by atomic mass is 9.93. The molecule has 162 valence electrons. The molecule has 2 heterocycles. The predicted molar refractivity (Wildman–Crippen MR) is 109 cm³/mol. The first kappa shape index (κ1) is 23.1. The molecule has 0 aromatic carbocycles. The molecule has 2 aliphatic rings. The number of likely N-dealkylation sites (tertiary alicyclic amines) is 1. The van der Waals surface area contributed by atoms with Gasteiger partial charge >= 0.3 is 0 Å². The minimum absolute atomic E-state index is 0.0207. The number of hydrogen-bond acceptors (Lipinski definition) is 5. The molecule has 2 aliphatic heterocycles.